The van der Waals surface area contributed by atoms with Crippen LogP contribution in [0.2, 0.25) is 0 Å². The van der Waals surface area contributed by atoms with Crippen LogP contribution in [0.3, 0.4) is 0 Å². The summed E-state index contributed by atoms with van der Waals surface area (Å²) < 4.78 is 0. The van der Waals surface area contributed by atoms with E-state index in [2.05, 4.69) is 75.3 Å². The van der Waals surface area contributed by atoms with Gasteiger partial charge in [0, 0.05) is 6.04 Å². The third-order valence-electron chi connectivity index (χ3n) is 4.51. The van der Waals surface area contributed by atoms with E-state index in [1.54, 1.807) is 5.56 Å². The number of hydrogen-bond acceptors (Lipinski definition) is 1. The van der Waals surface area contributed by atoms with Gasteiger partial charge in [0.25, 0.3) is 0 Å². The Morgan fingerprint density at radius 1 is 1.00 bits per heavy atom. The van der Waals surface area contributed by atoms with E-state index in [4.69, 9.17) is 0 Å². The molecule has 3 rings (SSSR count). The molecule has 0 N–H and O–H groups in total. The first-order chi connectivity index (χ1) is 9.58. The van der Waals surface area contributed by atoms with Gasteiger partial charge in [0.05, 0.1) is 0 Å². The van der Waals surface area contributed by atoms with Crippen molar-refractivity contribution in [3.8, 4) is 11.1 Å². The van der Waals surface area contributed by atoms with Gasteiger partial charge in [0.2, 0.25) is 0 Å². The summed E-state index contributed by atoms with van der Waals surface area (Å²) in [6.45, 7) is 4.51. The van der Waals surface area contributed by atoms with E-state index in [0.717, 1.165) is 0 Å². The van der Waals surface area contributed by atoms with Gasteiger partial charge in [-0.3, -0.25) is 0 Å². The van der Waals surface area contributed by atoms with Crippen molar-refractivity contribution in [1.29, 1.82) is 0 Å². The van der Waals surface area contributed by atoms with Gasteiger partial charge in [-0.15, -0.1) is 0 Å². The molecule has 0 saturated heterocycles. The minimum absolute atomic E-state index is 0.551. The summed E-state index contributed by atoms with van der Waals surface area (Å²) in [5.74, 6) is 0.687. The smallest absolute Gasteiger partial charge is 0.0373 e. The summed E-state index contributed by atoms with van der Waals surface area (Å²) in [5.41, 5.74) is 7.14. The molecule has 0 bridgehead atoms. The summed E-state index contributed by atoms with van der Waals surface area (Å²) in [5, 5.41) is 0. The lowest BCUT2D eigenvalue weighted by Gasteiger charge is -2.24. The van der Waals surface area contributed by atoms with Crippen molar-refractivity contribution in [2.75, 3.05) is 14.1 Å². The third-order valence-corrected chi connectivity index (χ3v) is 4.51. The lowest BCUT2D eigenvalue weighted by atomic mass is 9.96. The zero-order chi connectivity index (χ0) is 14.3. The zero-order valence-corrected chi connectivity index (χ0v) is 12.9. The lowest BCUT2D eigenvalue weighted by molar-refractivity contribution is 0.241. The van der Waals surface area contributed by atoms with Crippen LogP contribution in [-0.2, 0) is 6.42 Å². The minimum Gasteiger partial charge on any atom is -0.302 e. The van der Waals surface area contributed by atoms with Crippen molar-refractivity contribution in [1.82, 2.24) is 4.90 Å². The van der Waals surface area contributed by atoms with Crippen molar-refractivity contribution in [3.05, 3.63) is 59.2 Å². The van der Waals surface area contributed by atoms with E-state index in [1.807, 2.05) is 0 Å². The van der Waals surface area contributed by atoms with Gasteiger partial charge in [-0.1, -0.05) is 55.0 Å². The summed E-state index contributed by atoms with van der Waals surface area (Å²) >= 11 is 0. The molecule has 0 aliphatic heterocycles. The van der Waals surface area contributed by atoms with Crippen molar-refractivity contribution < 1.29 is 0 Å². The second-order valence-electron chi connectivity index (χ2n) is 6.33. The molecule has 20 heavy (non-hydrogen) atoms. The fraction of sp³-hybridized carbons (Fsp3) is 0.368. The minimum atomic E-state index is 0.551. The van der Waals surface area contributed by atoms with Crippen LogP contribution in [0.25, 0.3) is 11.1 Å². The van der Waals surface area contributed by atoms with E-state index in [-0.39, 0.29) is 0 Å². The molecular formula is C19H23N. The fourth-order valence-corrected chi connectivity index (χ4v) is 3.64. The summed E-state index contributed by atoms with van der Waals surface area (Å²) in [6.07, 6.45) is 1.18. The highest BCUT2D eigenvalue weighted by Crippen LogP contribution is 2.43. The molecule has 104 valence electrons. The molecule has 1 aliphatic carbocycles. The summed E-state index contributed by atoms with van der Waals surface area (Å²) in [4.78, 5) is 2.36. The Kier molecular flexibility index (Phi) is 3.39. The maximum atomic E-state index is 2.36. The van der Waals surface area contributed by atoms with E-state index >= 15 is 0 Å². The second-order valence-corrected chi connectivity index (χ2v) is 6.33. The van der Waals surface area contributed by atoms with E-state index in [1.165, 1.54) is 28.7 Å². The lowest BCUT2D eigenvalue weighted by Crippen LogP contribution is -2.22. The molecule has 2 unspecified atom stereocenters. The average Bonchev–Trinajstić information content (AvgIpc) is 2.75. The highest BCUT2D eigenvalue weighted by Gasteiger charge is 2.32. The Hall–Kier alpha value is -1.60. The van der Waals surface area contributed by atoms with Crippen LogP contribution in [0, 0.1) is 12.8 Å². The van der Waals surface area contributed by atoms with E-state index in [9.17, 15) is 0 Å². The molecule has 2 atom stereocenters. The van der Waals surface area contributed by atoms with Crippen molar-refractivity contribution in [3.63, 3.8) is 0 Å². The van der Waals surface area contributed by atoms with Gasteiger partial charge in [-0.2, -0.15) is 0 Å². The number of benzene rings is 2. The number of hydrogen-bond donors (Lipinski definition) is 0. The Balaban J connectivity index is 2.10. The Morgan fingerprint density at radius 3 is 2.35 bits per heavy atom. The molecule has 2 aromatic rings. The van der Waals surface area contributed by atoms with Gasteiger partial charge in [-0.05, 0) is 55.6 Å². The van der Waals surface area contributed by atoms with E-state index < -0.39 is 0 Å². The standard InChI is InChI=1S/C19H23N/c1-13-8-10-15(11-9-13)16-6-5-7-17-18(16)12-14(2)19(17)20(3)4/h5-11,14,19H,12H2,1-4H3. The van der Waals surface area contributed by atoms with Crippen LogP contribution in [-0.4, -0.2) is 19.0 Å². The molecule has 1 heteroatoms. The molecule has 0 amide bonds. The van der Waals surface area contributed by atoms with E-state index in [0.29, 0.717) is 12.0 Å². The summed E-state index contributed by atoms with van der Waals surface area (Å²) in [7, 11) is 4.38. The monoisotopic (exact) mass is 265 g/mol. The maximum Gasteiger partial charge on any atom is 0.0373 e. The SMILES string of the molecule is Cc1ccc(-c2cccc3c2CC(C)C3N(C)C)cc1. The molecule has 0 radical (unpaired) electrons. The highest BCUT2D eigenvalue weighted by atomic mass is 15.1. The quantitative estimate of drug-likeness (QED) is 0.775. The molecule has 0 spiro atoms. The van der Waals surface area contributed by atoms with Gasteiger partial charge in [-0.25, -0.2) is 0 Å². The first-order valence-electron chi connectivity index (χ1n) is 7.43. The first-order valence-corrected chi connectivity index (χ1v) is 7.43. The Bertz CT molecular complexity index is 610. The topological polar surface area (TPSA) is 3.24 Å². The molecule has 0 heterocycles. The predicted octanol–water partition coefficient (Wildman–Crippen LogP) is 4.46. The molecule has 0 fully saturated rings. The highest BCUT2D eigenvalue weighted by molar-refractivity contribution is 5.70. The van der Waals surface area contributed by atoms with Crippen molar-refractivity contribution >= 4 is 0 Å². The fourth-order valence-electron chi connectivity index (χ4n) is 3.64. The maximum absolute atomic E-state index is 2.36. The molecule has 1 nitrogen and oxygen atoms in total. The van der Waals surface area contributed by atoms with Crippen LogP contribution in [0.4, 0.5) is 0 Å². The normalized spacial score (nSPS) is 21.2. The van der Waals surface area contributed by atoms with Crippen LogP contribution in [0.5, 0.6) is 0 Å². The zero-order valence-electron chi connectivity index (χ0n) is 12.9. The molecule has 1 aliphatic rings. The molecule has 0 aromatic heterocycles. The number of fused-ring (bicyclic) bond motifs is 1. The van der Waals surface area contributed by atoms with Gasteiger partial charge >= 0.3 is 0 Å². The van der Waals surface area contributed by atoms with Gasteiger partial charge in [0.15, 0.2) is 0 Å². The van der Waals surface area contributed by atoms with Crippen LogP contribution >= 0.6 is 0 Å². The molecular weight excluding hydrogens is 242 g/mol. The predicted molar refractivity (Wildman–Crippen MR) is 85.9 cm³/mol. The Labute approximate surface area is 122 Å². The largest absolute Gasteiger partial charge is 0.302 e. The second kappa shape index (κ2) is 5.06. The number of rotatable bonds is 2. The van der Waals surface area contributed by atoms with Crippen molar-refractivity contribution in [2.24, 2.45) is 5.92 Å². The number of nitrogens with zero attached hydrogens (tertiary/aromatic N) is 1. The van der Waals surface area contributed by atoms with Crippen LogP contribution in [0.15, 0.2) is 42.5 Å². The Morgan fingerprint density at radius 2 is 1.70 bits per heavy atom. The average molecular weight is 265 g/mol. The first kappa shape index (κ1) is 13.4. The van der Waals surface area contributed by atoms with Crippen LogP contribution < -0.4 is 0 Å². The number of aryl methyl sites for hydroxylation is 1. The van der Waals surface area contributed by atoms with Gasteiger partial charge in [0.1, 0.15) is 0 Å². The molecule has 0 saturated carbocycles. The third kappa shape index (κ3) is 2.16. The van der Waals surface area contributed by atoms with Crippen molar-refractivity contribution in [2.45, 2.75) is 26.3 Å². The van der Waals surface area contributed by atoms with Crippen LogP contribution in [0.1, 0.15) is 29.7 Å². The van der Waals surface area contributed by atoms with Gasteiger partial charge < -0.3 is 4.90 Å². The molecule has 2 aromatic carbocycles. The summed E-state index contributed by atoms with van der Waals surface area (Å²) in [6, 6.07) is 16.2.